The van der Waals surface area contributed by atoms with Gasteiger partial charge < -0.3 is 10.1 Å². The molecule has 0 aromatic heterocycles. The Morgan fingerprint density at radius 2 is 1.76 bits per heavy atom. The number of benzene rings is 3. The average molecular weight is 480 g/mol. The highest BCUT2D eigenvalue weighted by molar-refractivity contribution is 7.92. The van der Waals surface area contributed by atoms with Crippen LogP contribution in [0.25, 0.3) is 0 Å². The van der Waals surface area contributed by atoms with Crippen molar-refractivity contribution in [2.45, 2.75) is 4.90 Å². The van der Waals surface area contributed by atoms with Gasteiger partial charge in [0.05, 0.1) is 32.7 Å². The lowest BCUT2D eigenvalue weighted by molar-refractivity contribution is -0.385. The minimum absolute atomic E-state index is 0.138. The van der Waals surface area contributed by atoms with E-state index in [0.717, 1.165) is 12.1 Å². The van der Waals surface area contributed by atoms with Crippen LogP contribution in [0.3, 0.4) is 0 Å². The van der Waals surface area contributed by atoms with E-state index in [1.807, 2.05) is 6.07 Å². The number of ether oxygens (including phenoxy) is 1. The summed E-state index contributed by atoms with van der Waals surface area (Å²) in [6, 6.07) is 18.0. The van der Waals surface area contributed by atoms with E-state index in [-0.39, 0.29) is 16.1 Å². The van der Waals surface area contributed by atoms with Crippen LogP contribution in [-0.2, 0) is 19.6 Å². The number of hydrogen-bond acceptors (Lipinski definition) is 8. The maximum absolute atomic E-state index is 12.7. The first-order valence-corrected chi connectivity index (χ1v) is 11.0. The van der Waals surface area contributed by atoms with Crippen LogP contribution in [0.4, 0.5) is 17.1 Å². The van der Waals surface area contributed by atoms with Crippen molar-refractivity contribution in [2.24, 2.45) is 0 Å². The lowest BCUT2D eigenvalue weighted by atomic mass is 10.2. The largest absolute Gasteiger partial charge is 0.452 e. The second-order valence-electron chi connectivity index (χ2n) is 6.72. The Hall–Kier alpha value is -4.76. The number of nitriles is 1. The van der Waals surface area contributed by atoms with E-state index in [0.29, 0.717) is 11.3 Å². The lowest BCUT2D eigenvalue weighted by Crippen LogP contribution is -2.22. The van der Waals surface area contributed by atoms with Crippen molar-refractivity contribution in [3.63, 3.8) is 0 Å². The van der Waals surface area contributed by atoms with Gasteiger partial charge in [-0.3, -0.25) is 19.6 Å². The SMILES string of the molecule is N#Cc1cccc(NC(=O)COC(=O)c2ccccc2NS(=O)(=O)c2cccc([N+](=O)[O-])c2)c1. The standard InChI is InChI=1S/C22H16N4O7S/c23-13-15-5-3-6-16(11-15)24-21(27)14-33-22(28)19-9-1-2-10-20(19)25-34(31,32)18-8-4-7-17(12-18)26(29)30/h1-12,25H,14H2,(H,24,27). The molecule has 0 aliphatic rings. The molecule has 0 fully saturated rings. The molecule has 34 heavy (non-hydrogen) atoms. The fraction of sp³-hybridized carbons (Fsp3) is 0.0455. The first-order valence-electron chi connectivity index (χ1n) is 9.53. The van der Waals surface area contributed by atoms with E-state index < -0.39 is 39.1 Å². The number of amides is 1. The molecule has 0 unspecified atom stereocenters. The number of nitrogens with one attached hydrogen (secondary N) is 2. The number of rotatable bonds is 8. The molecule has 172 valence electrons. The number of anilines is 2. The van der Waals surface area contributed by atoms with Crippen LogP contribution in [0.2, 0.25) is 0 Å². The maximum Gasteiger partial charge on any atom is 0.340 e. The molecule has 0 spiro atoms. The van der Waals surface area contributed by atoms with E-state index in [2.05, 4.69) is 10.0 Å². The van der Waals surface area contributed by atoms with Crippen LogP contribution in [0.5, 0.6) is 0 Å². The lowest BCUT2D eigenvalue weighted by Gasteiger charge is -2.12. The Bertz CT molecular complexity index is 1410. The molecule has 1 amide bonds. The quantitative estimate of drug-likeness (QED) is 0.282. The molecule has 0 saturated carbocycles. The van der Waals surface area contributed by atoms with Gasteiger partial charge in [-0.1, -0.05) is 24.3 Å². The Balaban J connectivity index is 1.71. The number of esters is 1. The van der Waals surface area contributed by atoms with E-state index in [4.69, 9.17) is 10.00 Å². The fourth-order valence-electron chi connectivity index (χ4n) is 2.79. The van der Waals surface area contributed by atoms with Crippen LogP contribution in [0, 0.1) is 21.4 Å². The van der Waals surface area contributed by atoms with Crippen molar-refractivity contribution in [3.8, 4) is 6.07 Å². The minimum Gasteiger partial charge on any atom is -0.452 e. The second kappa shape index (κ2) is 10.2. The maximum atomic E-state index is 12.7. The van der Waals surface area contributed by atoms with Gasteiger partial charge in [0.15, 0.2) is 6.61 Å². The fourth-order valence-corrected chi connectivity index (χ4v) is 3.91. The van der Waals surface area contributed by atoms with Crippen molar-refractivity contribution >= 4 is 39.0 Å². The number of carbonyl (C=O) groups is 2. The molecule has 3 rings (SSSR count). The van der Waals surface area contributed by atoms with E-state index in [1.165, 1.54) is 42.5 Å². The zero-order valence-corrected chi connectivity index (χ0v) is 18.1. The first-order chi connectivity index (χ1) is 16.2. The van der Waals surface area contributed by atoms with Crippen LogP contribution < -0.4 is 10.0 Å². The average Bonchev–Trinajstić information content (AvgIpc) is 2.83. The van der Waals surface area contributed by atoms with Gasteiger partial charge in [0.1, 0.15) is 0 Å². The van der Waals surface area contributed by atoms with Gasteiger partial charge >= 0.3 is 5.97 Å². The predicted octanol–water partition coefficient (Wildman–Crippen LogP) is 3.06. The third kappa shape index (κ3) is 5.93. The number of carbonyl (C=O) groups excluding carboxylic acids is 2. The number of hydrogen-bond donors (Lipinski definition) is 2. The summed E-state index contributed by atoms with van der Waals surface area (Å²) < 4.78 is 32.6. The molecule has 0 aliphatic carbocycles. The zero-order chi connectivity index (χ0) is 24.7. The van der Waals surface area contributed by atoms with Gasteiger partial charge in [-0.15, -0.1) is 0 Å². The van der Waals surface area contributed by atoms with Crippen molar-refractivity contribution in [1.29, 1.82) is 5.26 Å². The van der Waals surface area contributed by atoms with Gasteiger partial charge in [-0.2, -0.15) is 5.26 Å². The molecule has 0 bridgehead atoms. The number of para-hydroxylation sites is 1. The van der Waals surface area contributed by atoms with Crippen molar-refractivity contribution in [3.05, 3.63) is 94.0 Å². The Morgan fingerprint density at radius 1 is 1.03 bits per heavy atom. The molecule has 3 aromatic rings. The van der Waals surface area contributed by atoms with Gasteiger partial charge in [-0.05, 0) is 36.4 Å². The van der Waals surface area contributed by atoms with Gasteiger partial charge in [0, 0.05) is 17.8 Å². The second-order valence-corrected chi connectivity index (χ2v) is 8.40. The summed E-state index contributed by atoms with van der Waals surface area (Å²) in [5, 5.41) is 22.3. The van der Waals surface area contributed by atoms with Crippen molar-refractivity contribution in [1.82, 2.24) is 0 Å². The number of nitro groups is 1. The molecule has 0 saturated heterocycles. The molecule has 0 atom stereocenters. The van der Waals surface area contributed by atoms with E-state index in [9.17, 15) is 28.1 Å². The monoisotopic (exact) mass is 480 g/mol. The zero-order valence-electron chi connectivity index (χ0n) is 17.3. The molecular formula is C22H16N4O7S. The number of nitrogens with zero attached hydrogens (tertiary/aromatic N) is 2. The molecule has 3 aromatic carbocycles. The Kier molecular flexibility index (Phi) is 7.20. The highest BCUT2D eigenvalue weighted by atomic mass is 32.2. The number of sulfonamides is 1. The third-order valence-corrected chi connectivity index (χ3v) is 5.70. The van der Waals surface area contributed by atoms with Crippen molar-refractivity contribution in [2.75, 3.05) is 16.6 Å². The van der Waals surface area contributed by atoms with Crippen molar-refractivity contribution < 1.29 is 27.7 Å². The third-order valence-electron chi connectivity index (χ3n) is 4.34. The van der Waals surface area contributed by atoms with E-state index >= 15 is 0 Å². The van der Waals surface area contributed by atoms with Gasteiger partial charge in [-0.25, -0.2) is 13.2 Å². The number of non-ortho nitro benzene ring substituents is 1. The normalized spacial score (nSPS) is 10.6. The Labute approximate surface area is 193 Å². The van der Waals surface area contributed by atoms with Gasteiger partial charge in [0.25, 0.3) is 21.6 Å². The molecule has 11 nitrogen and oxygen atoms in total. The highest BCUT2D eigenvalue weighted by Gasteiger charge is 2.21. The number of nitro benzene ring substituents is 1. The predicted molar refractivity (Wildman–Crippen MR) is 120 cm³/mol. The summed E-state index contributed by atoms with van der Waals surface area (Å²) in [5.74, 6) is -1.64. The smallest absolute Gasteiger partial charge is 0.340 e. The molecule has 12 heteroatoms. The summed E-state index contributed by atoms with van der Waals surface area (Å²) >= 11 is 0. The van der Waals surface area contributed by atoms with Crippen LogP contribution in [0.15, 0.2) is 77.7 Å². The van der Waals surface area contributed by atoms with Gasteiger partial charge in [0.2, 0.25) is 0 Å². The minimum atomic E-state index is -4.27. The van der Waals surface area contributed by atoms with Crippen LogP contribution in [0.1, 0.15) is 15.9 Å². The highest BCUT2D eigenvalue weighted by Crippen LogP contribution is 2.23. The molecular weight excluding hydrogens is 464 g/mol. The summed E-state index contributed by atoms with van der Waals surface area (Å²) in [6.45, 7) is -0.665. The summed E-state index contributed by atoms with van der Waals surface area (Å²) in [4.78, 5) is 34.5. The summed E-state index contributed by atoms with van der Waals surface area (Å²) in [7, 11) is -4.27. The molecule has 2 N–H and O–H groups in total. The van der Waals surface area contributed by atoms with Crippen LogP contribution >= 0.6 is 0 Å². The molecule has 0 radical (unpaired) electrons. The summed E-state index contributed by atoms with van der Waals surface area (Å²) in [6.07, 6.45) is 0. The Morgan fingerprint density at radius 3 is 2.50 bits per heavy atom. The molecule has 0 aliphatic heterocycles. The molecule has 0 heterocycles. The first kappa shape index (κ1) is 23.9. The van der Waals surface area contributed by atoms with Crippen LogP contribution in [-0.4, -0.2) is 31.8 Å². The topological polar surface area (TPSA) is 168 Å². The van der Waals surface area contributed by atoms with E-state index in [1.54, 1.807) is 18.2 Å². The summed E-state index contributed by atoms with van der Waals surface area (Å²) in [5.41, 5.74) is -0.0521.